The number of rotatable bonds is 4. The minimum absolute atomic E-state index is 0.249. The van der Waals surface area contributed by atoms with Gasteiger partial charge >= 0.3 is 0 Å². The molecule has 3 heteroatoms. The molecule has 0 fully saturated rings. The van der Waals surface area contributed by atoms with Crippen LogP contribution in [-0.4, -0.2) is 6.21 Å². The van der Waals surface area contributed by atoms with Crippen molar-refractivity contribution in [2.75, 3.05) is 0 Å². The summed E-state index contributed by atoms with van der Waals surface area (Å²) in [5.74, 6) is -0.249. The third-order valence-electron chi connectivity index (χ3n) is 4.32. The number of nitrogens with two attached hydrogens (primary N) is 1. The molecule has 23 heavy (non-hydrogen) atoms. The number of benzene rings is 2. The molecule has 0 saturated carbocycles. The van der Waals surface area contributed by atoms with Gasteiger partial charge in [-0.25, -0.2) is 4.39 Å². The van der Waals surface area contributed by atoms with Gasteiger partial charge in [-0.3, -0.25) is 4.99 Å². The summed E-state index contributed by atoms with van der Waals surface area (Å²) >= 11 is 0. The Morgan fingerprint density at radius 3 is 2.13 bits per heavy atom. The number of halogens is 1. The first-order valence-electron chi connectivity index (χ1n) is 7.62. The number of hydrogen-bond acceptors (Lipinski definition) is 2. The number of aliphatic imine (C=N–C) groups is 1. The average molecular weight is 310 g/mol. The van der Waals surface area contributed by atoms with Crippen molar-refractivity contribution in [2.45, 2.75) is 33.2 Å². The molecule has 0 aromatic heterocycles. The topological polar surface area (TPSA) is 38.4 Å². The zero-order valence-electron chi connectivity index (χ0n) is 14.2. The molecule has 2 N–H and O–H groups in total. The number of nitrogens with zero attached hydrogens (tertiary/aromatic N) is 1. The maximum atomic E-state index is 13.7. The summed E-state index contributed by atoms with van der Waals surface area (Å²) in [6.45, 7) is 11.7. The van der Waals surface area contributed by atoms with E-state index in [1.54, 1.807) is 25.3 Å². The molecule has 2 aromatic carbocycles. The normalized spacial score (nSPS) is 14.0. The highest BCUT2D eigenvalue weighted by molar-refractivity contribution is 5.58. The SMILES string of the molecule is C=C(N=CC)C(N)(c1ccc(C)c(C)c1)c1ccc(F)c(C)c1. The summed E-state index contributed by atoms with van der Waals surface area (Å²) in [6, 6.07) is 11.0. The summed E-state index contributed by atoms with van der Waals surface area (Å²) in [5.41, 5.74) is 10.8. The van der Waals surface area contributed by atoms with Crippen LogP contribution in [-0.2, 0) is 5.54 Å². The second-order valence-electron chi connectivity index (χ2n) is 5.91. The van der Waals surface area contributed by atoms with Gasteiger partial charge in [0.25, 0.3) is 0 Å². The monoisotopic (exact) mass is 310 g/mol. The molecule has 2 nitrogen and oxygen atoms in total. The van der Waals surface area contributed by atoms with E-state index in [0.717, 1.165) is 16.7 Å². The molecule has 2 rings (SSSR count). The van der Waals surface area contributed by atoms with Crippen molar-refractivity contribution in [2.24, 2.45) is 10.7 Å². The van der Waals surface area contributed by atoms with Gasteiger partial charge in [0.2, 0.25) is 0 Å². The Labute approximate surface area is 137 Å². The molecule has 0 aliphatic carbocycles. The van der Waals surface area contributed by atoms with Gasteiger partial charge in [0.1, 0.15) is 11.4 Å². The van der Waals surface area contributed by atoms with E-state index in [-0.39, 0.29) is 5.82 Å². The highest BCUT2D eigenvalue weighted by Gasteiger charge is 2.33. The first-order chi connectivity index (χ1) is 10.8. The molecule has 1 atom stereocenters. The molecular formula is C20H23FN2. The maximum absolute atomic E-state index is 13.7. The lowest BCUT2D eigenvalue weighted by Crippen LogP contribution is -2.39. The van der Waals surface area contributed by atoms with Crippen molar-refractivity contribution in [1.29, 1.82) is 0 Å². The zero-order chi connectivity index (χ0) is 17.2. The molecule has 0 amide bonds. The summed E-state index contributed by atoms with van der Waals surface area (Å²) in [4.78, 5) is 4.32. The van der Waals surface area contributed by atoms with Crippen molar-refractivity contribution < 1.29 is 4.39 Å². The molecule has 0 aliphatic heterocycles. The molecule has 0 saturated heterocycles. The third-order valence-corrected chi connectivity index (χ3v) is 4.32. The fourth-order valence-corrected chi connectivity index (χ4v) is 2.63. The second-order valence-corrected chi connectivity index (χ2v) is 5.91. The molecule has 120 valence electrons. The van der Waals surface area contributed by atoms with Gasteiger partial charge in [-0.05, 0) is 61.6 Å². The van der Waals surface area contributed by atoms with E-state index in [4.69, 9.17) is 5.73 Å². The Morgan fingerprint density at radius 1 is 1.04 bits per heavy atom. The van der Waals surface area contributed by atoms with E-state index >= 15 is 0 Å². The Morgan fingerprint density at radius 2 is 1.61 bits per heavy atom. The van der Waals surface area contributed by atoms with E-state index < -0.39 is 5.54 Å². The van der Waals surface area contributed by atoms with Gasteiger partial charge in [-0.1, -0.05) is 36.9 Å². The summed E-state index contributed by atoms with van der Waals surface area (Å²) in [6.07, 6.45) is 1.67. The largest absolute Gasteiger partial charge is 0.313 e. The first kappa shape index (κ1) is 17.1. The fourth-order valence-electron chi connectivity index (χ4n) is 2.63. The molecule has 2 aromatic rings. The molecule has 0 radical (unpaired) electrons. The van der Waals surface area contributed by atoms with Gasteiger partial charge in [-0.2, -0.15) is 0 Å². The van der Waals surface area contributed by atoms with Crippen LogP contribution in [0.25, 0.3) is 0 Å². The molecule has 0 aliphatic rings. The van der Waals surface area contributed by atoms with Crippen LogP contribution in [0.3, 0.4) is 0 Å². The van der Waals surface area contributed by atoms with Crippen LogP contribution < -0.4 is 5.73 Å². The van der Waals surface area contributed by atoms with E-state index in [1.165, 1.54) is 11.6 Å². The number of hydrogen-bond donors (Lipinski definition) is 1. The fraction of sp³-hybridized carbons (Fsp3) is 0.250. The standard InChI is InChI=1S/C20H23FN2/c1-6-23-16(5)20(22,17-8-7-13(2)14(3)11-17)18-9-10-19(21)15(4)12-18/h6-12H,5,22H2,1-4H3. The van der Waals surface area contributed by atoms with Gasteiger partial charge in [0.05, 0.1) is 5.70 Å². The molecule has 1 unspecified atom stereocenters. The van der Waals surface area contributed by atoms with Crippen molar-refractivity contribution in [3.63, 3.8) is 0 Å². The number of aryl methyl sites for hydroxylation is 3. The second kappa shape index (κ2) is 6.47. The van der Waals surface area contributed by atoms with Crippen LogP contribution in [0.1, 0.15) is 34.7 Å². The minimum atomic E-state index is -0.997. The lowest BCUT2D eigenvalue weighted by molar-refractivity contribution is 0.603. The van der Waals surface area contributed by atoms with E-state index in [2.05, 4.69) is 18.5 Å². The van der Waals surface area contributed by atoms with Crippen molar-refractivity contribution in [3.8, 4) is 0 Å². The molecule has 0 bridgehead atoms. The van der Waals surface area contributed by atoms with Gasteiger partial charge in [-0.15, -0.1) is 0 Å². The molecule has 0 heterocycles. The molecular weight excluding hydrogens is 287 g/mol. The molecule has 0 spiro atoms. The third kappa shape index (κ3) is 3.10. The van der Waals surface area contributed by atoms with E-state index in [1.807, 2.05) is 32.0 Å². The quantitative estimate of drug-likeness (QED) is 0.826. The van der Waals surface area contributed by atoms with Gasteiger partial charge in [0, 0.05) is 6.21 Å². The van der Waals surface area contributed by atoms with Crippen molar-refractivity contribution in [1.82, 2.24) is 0 Å². The van der Waals surface area contributed by atoms with Crippen molar-refractivity contribution >= 4 is 6.21 Å². The predicted octanol–water partition coefficient (Wildman–Crippen LogP) is 4.56. The zero-order valence-corrected chi connectivity index (χ0v) is 14.2. The Balaban J connectivity index is 2.71. The van der Waals surface area contributed by atoms with Gasteiger partial charge in [0.15, 0.2) is 0 Å². The Bertz CT molecular complexity index is 724. The van der Waals surface area contributed by atoms with Crippen LogP contribution in [0.5, 0.6) is 0 Å². The van der Waals surface area contributed by atoms with Gasteiger partial charge < -0.3 is 5.73 Å². The average Bonchev–Trinajstić information content (AvgIpc) is 2.52. The smallest absolute Gasteiger partial charge is 0.126 e. The lowest BCUT2D eigenvalue weighted by atomic mass is 9.80. The van der Waals surface area contributed by atoms with Crippen LogP contribution in [0, 0.1) is 26.6 Å². The minimum Gasteiger partial charge on any atom is -0.313 e. The first-order valence-corrected chi connectivity index (χ1v) is 7.62. The highest BCUT2D eigenvalue weighted by atomic mass is 19.1. The Kier molecular flexibility index (Phi) is 4.81. The maximum Gasteiger partial charge on any atom is 0.126 e. The lowest BCUT2D eigenvalue weighted by Gasteiger charge is -2.31. The summed E-state index contributed by atoms with van der Waals surface area (Å²) in [5, 5.41) is 0. The van der Waals surface area contributed by atoms with Crippen LogP contribution >= 0.6 is 0 Å². The van der Waals surface area contributed by atoms with E-state index in [9.17, 15) is 4.39 Å². The summed E-state index contributed by atoms with van der Waals surface area (Å²) < 4.78 is 13.7. The predicted molar refractivity (Wildman–Crippen MR) is 95.3 cm³/mol. The van der Waals surface area contributed by atoms with Crippen LogP contribution in [0.4, 0.5) is 4.39 Å². The summed E-state index contributed by atoms with van der Waals surface area (Å²) in [7, 11) is 0. The Hall–Kier alpha value is -2.26. The van der Waals surface area contributed by atoms with Crippen LogP contribution in [0.2, 0.25) is 0 Å². The van der Waals surface area contributed by atoms with Crippen molar-refractivity contribution in [3.05, 3.63) is 82.3 Å². The highest BCUT2D eigenvalue weighted by Crippen LogP contribution is 2.35. The van der Waals surface area contributed by atoms with Crippen LogP contribution in [0.15, 0.2) is 53.7 Å². The van der Waals surface area contributed by atoms with E-state index in [0.29, 0.717) is 11.3 Å².